The molecule has 0 aromatic heterocycles. The zero-order valence-corrected chi connectivity index (χ0v) is 11.7. The first kappa shape index (κ1) is 14.9. The van der Waals surface area contributed by atoms with Crippen LogP contribution in [0.15, 0.2) is 0 Å². The maximum Gasteiger partial charge on any atom is 0.215 e. The summed E-state index contributed by atoms with van der Waals surface area (Å²) in [6.07, 6.45) is 0.960. The number of hydrogen-bond donors (Lipinski definition) is 1. The molecule has 1 aliphatic rings. The third-order valence-electron chi connectivity index (χ3n) is 2.66. The molecular weight excluding hydrogens is 264 g/mol. The molecule has 17 heavy (non-hydrogen) atoms. The predicted octanol–water partition coefficient (Wildman–Crippen LogP) is -0.954. The molecule has 0 unspecified atom stereocenters. The molecule has 1 N–H and O–H groups in total. The lowest BCUT2D eigenvalue weighted by atomic mass is 10.5. The fraction of sp³-hybridized carbons (Fsp3) is 1.00. The van der Waals surface area contributed by atoms with Crippen molar-refractivity contribution in [2.75, 3.05) is 43.4 Å². The maximum atomic E-state index is 11.9. The minimum absolute atomic E-state index is 0.0348. The molecule has 0 aromatic rings. The summed E-state index contributed by atoms with van der Waals surface area (Å²) in [6.45, 7) is 3.41. The van der Waals surface area contributed by atoms with Crippen LogP contribution in [0.2, 0.25) is 0 Å². The van der Waals surface area contributed by atoms with Crippen LogP contribution in [0.25, 0.3) is 0 Å². The van der Waals surface area contributed by atoms with Crippen molar-refractivity contribution in [1.29, 1.82) is 0 Å². The van der Waals surface area contributed by atoms with Crippen LogP contribution in [0.5, 0.6) is 0 Å². The van der Waals surface area contributed by atoms with Gasteiger partial charge in [-0.05, 0) is 13.0 Å². The molecule has 1 fully saturated rings. The lowest BCUT2D eigenvalue weighted by Gasteiger charge is -2.25. The molecule has 0 amide bonds. The van der Waals surface area contributed by atoms with Crippen LogP contribution in [-0.4, -0.2) is 64.6 Å². The Morgan fingerprint density at radius 1 is 1.18 bits per heavy atom. The van der Waals surface area contributed by atoms with Gasteiger partial charge in [0.25, 0.3) is 0 Å². The third-order valence-corrected chi connectivity index (χ3v) is 6.14. The molecule has 1 aliphatic heterocycles. The topological polar surface area (TPSA) is 83.6 Å². The highest BCUT2D eigenvalue weighted by Crippen LogP contribution is 2.09. The van der Waals surface area contributed by atoms with Crippen molar-refractivity contribution in [1.82, 2.24) is 9.62 Å². The first-order valence-electron chi connectivity index (χ1n) is 5.76. The average molecular weight is 284 g/mol. The average Bonchev–Trinajstić information content (AvgIpc) is 2.24. The van der Waals surface area contributed by atoms with Crippen molar-refractivity contribution in [2.45, 2.75) is 13.3 Å². The zero-order chi connectivity index (χ0) is 12.9. The highest BCUT2D eigenvalue weighted by molar-refractivity contribution is 7.92. The third kappa shape index (κ3) is 4.90. The number of rotatable bonds is 6. The van der Waals surface area contributed by atoms with Crippen molar-refractivity contribution in [3.05, 3.63) is 0 Å². The van der Waals surface area contributed by atoms with Crippen molar-refractivity contribution >= 4 is 19.9 Å². The van der Waals surface area contributed by atoms with Crippen LogP contribution in [0, 0.1) is 0 Å². The SMILES string of the molecule is CCCNCCS(=O)(=O)N1CCS(=O)(=O)CC1. The molecular formula is C9H20N2O4S2. The summed E-state index contributed by atoms with van der Waals surface area (Å²) in [5.41, 5.74) is 0. The van der Waals surface area contributed by atoms with Gasteiger partial charge in [-0.3, -0.25) is 0 Å². The Bertz CT molecular complexity index is 416. The number of hydrogen-bond acceptors (Lipinski definition) is 5. The van der Waals surface area contributed by atoms with Gasteiger partial charge < -0.3 is 5.32 Å². The molecule has 0 spiro atoms. The molecule has 0 radical (unpaired) electrons. The normalized spacial score (nSPS) is 21.5. The molecule has 6 nitrogen and oxygen atoms in total. The maximum absolute atomic E-state index is 11.9. The fourth-order valence-electron chi connectivity index (χ4n) is 1.61. The van der Waals surface area contributed by atoms with Gasteiger partial charge in [0.1, 0.15) is 0 Å². The molecule has 8 heteroatoms. The molecule has 0 saturated carbocycles. The number of sulfonamides is 1. The molecule has 102 valence electrons. The van der Waals surface area contributed by atoms with Gasteiger partial charge in [-0.2, -0.15) is 4.31 Å². The van der Waals surface area contributed by atoms with Gasteiger partial charge in [-0.15, -0.1) is 0 Å². The summed E-state index contributed by atoms with van der Waals surface area (Å²) >= 11 is 0. The molecule has 0 aromatic carbocycles. The van der Waals surface area contributed by atoms with E-state index in [1.165, 1.54) is 4.31 Å². The number of sulfone groups is 1. The Hall–Kier alpha value is -0.180. The largest absolute Gasteiger partial charge is 0.316 e. The summed E-state index contributed by atoms with van der Waals surface area (Å²) < 4.78 is 47.4. The van der Waals surface area contributed by atoms with E-state index < -0.39 is 19.9 Å². The van der Waals surface area contributed by atoms with E-state index >= 15 is 0 Å². The lowest BCUT2D eigenvalue weighted by molar-refractivity contribution is 0.430. The van der Waals surface area contributed by atoms with Crippen LogP contribution in [0.3, 0.4) is 0 Å². The van der Waals surface area contributed by atoms with Gasteiger partial charge in [0.05, 0.1) is 17.3 Å². The summed E-state index contributed by atoms with van der Waals surface area (Å²) in [6, 6.07) is 0. The number of nitrogens with zero attached hydrogens (tertiary/aromatic N) is 1. The molecule has 1 rings (SSSR count). The lowest BCUT2D eigenvalue weighted by Crippen LogP contribution is -2.45. The summed E-state index contributed by atoms with van der Waals surface area (Å²) in [5.74, 6) is -0.0870. The van der Waals surface area contributed by atoms with Gasteiger partial charge in [0, 0.05) is 19.6 Å². The molecule has 0 bridgehead atoms. The van der Waals surface area contributed by atoms with E-state index in [1.807, 2.05) is 6.92 Å². The first-order valence-corrected chi connectivity index (χ1v) is 9.19. The van der Waals surface area contributed by atoms with Crippen LogP contribution in [-0.2, 0) is 19.9 Å². The minimum Gasteiger partial charge on any atom is -0.316 e. The zero-order valence-electron chi connectivity index (χ0n) is 10.1. The van der Waals surface area contributed by atoms with E-state index in [1.54, 1.807) is 0 Å². The minimum atomic E-state index is -3.31. The highest BCUT2D eigenvalue weighted by atomic mass is 32.2. The van der Waals surface area contributed by atoms with Crippen molar-refractivity contribution in [2.24, 2.45) is 0 Å². The van der Waals surface area contributed by atoms with Crippen LogP contribution in [0.1, 0.15) is 13.3 Å². The van der Waals surface area contributed by atoms with Crippen LogP contribution >= 0.6 is 0 Å². The monoisotopic (exact) mass is 284 g/mol. The van der Waals surface area contributed by atoms with E-state index in [0.29, 0.717) is 6.54 Å². The fourth-order valence-corrected chi connectivity index (χ4v) is 4.44. The first-order chi connectivity index (χ1) is 7.87. The van der Waals surface area contributed by atoms with E-state index in [-0.39, 0.29) is 30.3 Å². The highest BCUT2D eigenvalue weighted by Gasteiger charge is 2.29. The van der Waals surface area contributed by atoms with E-state index in [9.17, 15) is 16.8 Å². The predicted molar refractivity (Wildman–Crippen MR) is 67.2 cm³/mol. The number of nitrogens with one attached hydrogen (secondary N) is 1. The van der Waals surface area contributed by atoms with Crippen molar-refractivity contribution in [3.63, 3.8) is 0 Å². The Morgan fingerprint density at radius 3 is 2.29 bits per heavy atom. The van der Waals surface area contributed by atoms with E-state index in [0.717, 1.165) is 13.0 Å². The van der Waals surface area contributed by atoms with Gasteiger partial charge in [0.15, 0.2) is 9.84 Å². The van der Waals surface area contributed by atoms with Gasteiger partial charge in [-0.1, -0.05) is 6.92 Å². The Labute approximate surface area is 103 Å². The van der Waals surface area contributed by atoms with E-state index in [2.05, 4.69) is 5.32 Å². The van der Waals surface area contributed by atoms with Gasteiger partial charge >= 0.3 is 0 Å². The van der Waals surface area contributed by atoms with Crippen LogP contribution < -0.4 is 5.32 Å². The molecule has 1 saturated heterocycles. The summed E-state index contributed by atoms with van der Waals surface area (Å²) in [5, 5.41) is 3.02. The summed E-state index contributed by atoms with van der Waals surface area (Å²) in [7, 11) is -6.33. The van der Waals surface area contributed by atoms with Gasteiger partial charge in [-0.25, -0.2) is 16.8 Å². The summed E-state index contributed by atoms with van der Waals surface area (Å²) in [4.78, 5) is 0. The smallest absolute Gasteiger partial charge is 0.215 e. The second-order valence-corrected chi connectivity index (χ2v) is 8.51. The standard InChI is InChI=1S/C9H20N2O4S2/c1-2-3-10-4-7-17(14,15)11-5-8-16(12,13)9-6-11/h10H,2-9H2,1H3. The van der Waals surface area contributed by atoms with E-state index in [4.69, 9.17) is 0 Å². The second-order valence-electron chi connectivity index (χ2n) is 4.12. The molecule has 0 atom stereocenters. The van der Waals surface area contributed by atoms with Crippen LogP contribution in [0.4, 0.5) is 0 Å². The second kappa shape index (κ2) is 6.12. The Morgan fingerprint density at radius 2 is 1.76 bits per heavy atom. The Kier molecular flexibility index (Phi) is 5.36. The molecule has 0 aliphatic carbocycles. The Balaban J connectivity index is 2.43. The van der Waals surface area contributed by atoms with Crippen molar-refractivity contribution < 1.29 is 16.8 Å². The molecule has 1 heterocycles. The van der Waals surface area contributed by atoms with Gasteiger partial charge in [0.2, 0.25) is 10.0 Å². The quantitative estimate of drug-likeness (QED) is 0.636. The van der Waals surface area contributed by atoms with Crippen molar-refractivity contribution in [3.8, 4) is 0 Å².